The van der Waals surface area contributed by atoms with Crippen LogP contribution in [0.2, 0.25) is 0 Å². The first-order valence-corrected chi connectivity index (χ1v) is 11.6. The Bertz CT molecular complexity index is 1150. The summed E-state index contributed by atoms with van der Waals surface area (Å²) in [6.45, 7) is -0.0317. The predicted octanol–water partition coefficient (Wildman–Crippen LogP) is 4.01. The van der Waals surface area contributed by atoms with Crippen molar-refractivity contribution >= 4 is 28.0 Å². The predicted molar refractivity (Wildman–Crippen MR) is 115 cm³/mol. The minimum Gasteiger partial charge on any atom is -0.384 e. The SMILES string of the molecule is COCCS(=O)(=O)NC1C/C(=C\c2ccc(F)c(F)c2)C(=O)/C(=C/c2ccc(F)c(F)c2)C1. The van der Waals surface area contributed by atoms with Crippen molar-refractivity contribution in [1.29, 1.82) is 0 Å². The number of ether oxygens (including phenoxy) is 1. The summed E-state index contributed by atoms with van der Waals surface area (Å²) in [6.07, 6.45) is 2.69. The van der Waals surface area contributed by atoms with E-state index < -0.39 is 45.1 Å². The number of sulfonamides is 1. The van der Waals surface area contributed by atoms with Gasteiger partial charge in [-0.2, -0.15) is 0 Å². The summed E-state index contributed by atoms with van der Waals surface area (Å²) in [6, 6.07) is 5.50. The maximum atomic E-state index is 13.6. The Labute approximate surface area is 188 Å². The van der Waals surface area contributed by atoms with E-state index in [0.29, 0.717) is 0 Å². The van der Waals surface area contributed by atoms with Crippen LogP contribution >= 0.6 is 0 Å². The fourth-order valence-electron chi connectivity index (χ4n) is 3.44. The number of benzene rings is 2. The van der Waals surface area contributed by atoms with E-state index in [1.54, 1.807) is 0 Å². The highest BCUT2D eigenvalue weighted by atomic mass is 32.2. The van der Waals surface area contributed by atoms with Gasteiger partial charge in [0.2, 0.25) is 10.0 Å². The van der Waals surface area contributed by atoms with Crippen LogP contribution in [0.1, 0.15) is 24.0 Å². The second kappa shape index (κ2) is 10.4. The zero-order valence-electron chi connectivity index (χ0n) is 17.6. The highest BCUT2D eigenvalue weighted by molar-refractivity contribution is 7.89. The Morgan fingerprint density at radius 2 is 1.39 bits per heavy atom. The molecule has 176 valence electrons. The molecule has 0 aromatic heterocycles. The van der Waals surface area contributed by atoms with Gasteiger partial charge in [-0.1, -0.05) is 12.1 Å². The Kier molecular flexibility index (Phi) is 7.83. The maximum absolute atomic E-state index is 13.6. The highest BCUT2D eigenvalue weighted by Gasteiger charge is 2.30. The van der Waals surface area contributed by atoms with Gasteiger partial charge in [-0.25, -0.2) is 30.7 Å². The van der Waals surface area contributed by atoms with Gasteiger partial charge in [-0.15, -0.1) is 0 Å². The number of nitrogens with one attached hydrogen (secondary N) is 1. The van der Waals surface area contributed by atoms with Crippen molar-refractivity contribution in [2.75, 3.05) is 19.5 Å². The number of carbonyl (C=O) groups is 1. The largest absolute Gasteiger partial charge is 0.384 e. The van der Waals surface area contributed by atoms with Crippen LogP contribution in [0.25, 0.3) is 12.2 Å². The third-order valence-electron chi connectivity index (χ3n) is 4.99. The Morgan fingerprint density at radius 1 is 0.909 bits per heavy atom. The molecule has 0 spiro atoms. The molecule has 0 radical (unpaired) electrons. The average molecular weight is 483 g/mol. The molecular formula is C23H21F4NO4S. The molecular weight excluding hydrogens is 462 g/mol. The van der Waals surface area contributed by atoms with Crippen LogP contribution in [-0.2, 0) is 19.6 Å². The molecule has 0 heterocycles. The van der Waals surface area contributed by atoms with E-state index in [1.165, 1.54) is 31.4 Å². The molecule has 1 saturated carbocycles. The van der Waals surface area contributed by atoms with Gasteiger partial charge in [-0.3, -0.25) is 4.79 Å². The quantitative estimate of drug-likeness (QED) is 0.477. The molecule has 1 aliphatic carbocycles. The summed E-state index contributed by atoms with van der Waals surface area (Å²) in [4.78, 5) is 13.1. The average Bonchev–Trinajstić information content (AvgIpc) is 2.75. The molecule has 33 heavy (non-hydrogen) atoms. The summed E-state index contributed by atoms with van der Waals surface area (Å²) in [5.41, 5.74) is 0.737. The van der Waals surface area contributed by atoms with Gasteiger partial charge in [-0.05, 0) is 60.4 Å². The molecule has 0 unspecified atom stereocenters. The second-order valence-electron chi connectivity index (χ2n) is 7.55. The van der Waals surface area contributed by atoms with Gasteiger partial charge in [0.15, 0.2) is 29.1 Å². The lowest BCUT2D eigenvalue weighted by Crippen LogP contribution is -2.41. The van der Waals surface area contributed by atoms with Crippen LogP contribution in [0.5, 0.6) is 0 Å². The molecule has 1 fully saturated rings. The van der Waals surface area contributed by atoms with E-state index in [-0.39, 0.29) is 47.5 Å². The van der Waals surface area contributed by atoms with E-state index >= 15 is 0 Å². The minimum absolute atomic E-state index is 0.000833. The molecule has 10 heteroatoms. The molecule has 0 amide bonds. The van der Waals surface area contributed by atoms with Crippen molar-refractivity contribution in [3.63, 3.8) is 0 Å². The zero-order chi connectivity index (χ0) is 24.2. The topological polar surface area (TPSA) is 72.5 Å². The standard InChI is InChI=1S/C23H21F4NO4S/c1-32-6-7-33(30,31)28-18-12-16(8-14-2-4-19(24)21(26)10-14)23(29)17(13-18)9-15-3-5-20(25)22(27)11-15/h2-5,8-11,18,28H,6-7,12-13H2,1H3/b16-8+,17-9+. The minimum atomic E-state index is -3.74. The number of methoxy groups -OCH3 is 1. The number of hydrogen-bond donors (Lipinski definition) is 1. The lowest BCUT2D eigenvalue weighted by molar-refractivity contribution is -0.113. The summed E-state index contributed by atoms with van der Waals surface area (Å²) < 4.78 is 85.7. The lowest BCUT2D eigenvalue weighted by atomic mass is 9.84. The first-order chi connectivity index (χ1) is 15.6. The monoisotopic (exact) mass is 483 g/mol. The Hall–Kier alpha value is -2.82. The van der Waals surface area contributed by atoms with Crippen LogP contribution < -0.4 is 4.72 Å². The molecule has 0 saturated heterocycles. The number of hydrogen-bond acceptors (Lipinski definition) is 4. The van der Waals surface area contributed by atoms with Gasteiger partial charge in [0.05, 0.1) is 12.4 Å². The van der Waals surface area contributed by atoms with Crippen LogP contribution in [0.15, 0.2) is 47.5 Å². The van der Waals surface area contributed by atoms with Crippen molar-refractivity contribution in [3.05, 3.63) is 81.9 Å². The Morgan fingerprint density at radius 3 is 1.82 bits per heavy atom. The van der Waals surface area contributed by atoms with E-state index in [4.69, 9.17) is 4.74 Å². The molecule has 1 N–H and O–H groups in total. The van der Waals surface area contributed by atoms with Crippen LogP contribution in [-0.4, -0.2) is 39.7 Å². The van der Waals surface area contributed by atoms with Gasteiger partial charge in [0.25, 0.3) is 0 Å². The van der Waals surface area contributed by atoms with Crippen LogP contribution in [0.3, 0.4) is 0 Å². The first-order valence-electron chi connectivity index (χ1n) is 9.93. The molecule has 0 atom stereocenters. The van der Waals surface area contributed by atoms with Gasteiger partial charge in [0.1, 0.15) is 0 Å². The molecule has 2 aromatic rings. The van der Waals surface area contributed by atoms with E-state index in [0.717, 1.165) is 24.3 Å². The van der Waals surface area contributed by atoms with Gasteiger partial charge in [0, 0.05) is 24.3 Å². The van der Waals surface area contributed by atoms with Crippen molar-refractivity contribution in [2.45, 2.75) is 18.9 Å². The highest BCUT2D eigenvalue weighted by Crippen LogP contribution is 2.29. The number of rotatable bonds is 7. The fourth-order valence-corrected chi connectivity index (χ4v) is 4.62. The number of ketones is 1. The van der Waals surface area contributed by atoms with Crippen molar-refractivity contribution in [3.8, 4) is 0 Å². The smallest absolute Gasteiger partial charge is 0.214 e. The van der Waals surface area contributed by atoms with Crippen LogP contribution in [0, 0.1) is 23.3 Å². The normalized spacial score (nSPS) is 19.4. The number of Topliss-reactive ketones (excluding diaryl/α,β-unsaturated/α-hetero) is 1. The van der Waals surface area contributed by atoms with Gasteiger partial charge >= 0.3 is 0 Å². The third kappa shape index (κ3) is 6.59. The van der Waals surface area contributed by atoms with Crippen molar-refractivity contribution in [2.24, 2.45) is 0 Å². The molecule has 2 aromatic carbocycles. The van der Waals surface area contributed by atoms with Crippen molar-refractivity contribution < 1.29 is 35.5 Å². The van der Waals surface area contributed by atoms with Crippen molar-refractivity contribution in [1.82, 2.24) is 4.72 Å². The first kappa shape index (κ1) is 24.8. The molecule has 3 rings (SSSR count). The molecule has 1 aliphatic rings. The molecule has 5 nitrogen and oxygen atoms in total. The molecule has 0 aliphatic heterocycles. The number of carbonyl (C=O) groups excluding carboxylic acids is 1. The zero-order valence-corrected chi connectivity index (χ0v) is 18.4. The summed E-state index contributed by atoms with van der Waals surface area (Å²) in [5.74, 6) is -5.04. The Balaban J connectivity index is 1.98. The van der Waals surface area contributed by atoms with E-state index in [9.17, 15) is 30.8 Å². The van der Waals surface area contributed by atoms with Gasteiger partial charge < -0.3 is 4.74 Å². The van der Waals surface area contributed by atoms with E-state index in [2.05, 4.69) is 4.72 Å². The maximum Gasteiger partial charge on any atom is 0.214 e. The van der Waals surface area contributed by atoms with E-state index in [1.807, 2.05) is 0 Å². The summed E-state index contributed by atoms with van der Waals surface area (Å²) in [7, 11) is -2.38. The molecule has 0 bridgehead atoms. The van der Waals surface area contributed by atoms with Crippen LogP contribution in [0.4, 0.5) is 17.6 Å². The third-order valence-corrected chi connectivity index (χ3v) is 6.38. The summed E-state index contributed by atoms with van der Waals surface area (Å²) in [5, 5.41) is 0. The second-order valence-corrected chi connectivity index (χ2v) is 9.42. The lowest BCUT2D eigenvalue weighted by Gasteiger charge is -2.26. The summed E-state index contributed by atoms with van der Waals surface area (Å²) >= 11 is 0. The fraction of sp³-hybridized carbons (Fsp3) is 0.261. The number of halogens is 4.